The van der Waals surface area contributed by atoms with E-state index in [0.29, 0.717) is 0 Å². The molecule has 18 heavy (non-hydrogen) atoms. The van der Waals surface area contributed by atoms with Gasteiger partial charge >= 0.3 is 0 Å². The first-order valence-corrected chi connectivity index (χ1v) is 8.00. The summed E-state index contributed by atoms with van der Waals surface area (Å²) in [7, 11) is 0. The average Bonchev–Trinajstić information content (AvgIpc) is 2.70. The Balaban J connectivity index is 1.95. The number of thiophene rings is 1. The van der Waals surface area contributed by atoms with Crippen molar-refractivity contribution >= 4 is 33.2 Å². The second kappa shape index (κ2) is 6.17. The molecule has 0 aromatic carbocycles. The maximum absolute atomic E-state index is 12.3. The molecule has 1 aliphatic rings. The van der Waals surface area contributed by atoms with E-state index in [1.54, 1.807) is 0 Å². The molecule has 1 fully saturated rings. The molecule has 100 valence electrons. The van der Waals surface area contributed by atoms with Crippen molar-refractivity contribution in [3.63, 3.8) is 0 Å². The number of rotatable bonds is 3. The second-order valence-corrected chi connectivity index (χ2v) is 7.07. The van der Waals surface area contributed by atoms with Gasteiger partial charge in [0, 0.05) is 26.2 Å². The van der Waals surface area contributed by atoms with Crippen LogP contribution in [0.4, 0.5) is 0 Å². The van der Waals surface area contributed by atoms with E-state index in [2.05, 4.69) is 27.8 Å². The number of amides is 1. The number of nitrogens with zero attached hydrogens (tertiary/aromatic N) is 2. The highest BCUT2D eigenvalue weighted by Crippen LogP contribution is 2.28. The third kappa shape index (κ3) is 3.13. The van der Waals surface area contributed by atoms with Crippen molar-refractivity contribution in [3.8, 4) is 0 Å². The second-order valence-electron chi connectivity index (χ2n) is 4.70. The first kappa shape index (κ1) is 14.0. The minimum atomic E-state index is 0.185. The van der Waals surface area contributed by atoms with Crippen LogP contribution in [0.1, 0.15) is 28.6 Å². The van der Waals surface area contributed by atoms with E-state index in [0.717, 1.165) is 47.0 Å². The highest BCUT2D eigenvalue weighted by atomic mass is 79.9. The lowest BCUT2D eigenvalue weighted by Crippen LogP contribution is -2.48. The maximum Gasteiger partial charge on any atom is 0.264 e. The molecule has 3 nitrogen and oxygen atoms in total. The van der Waals surface area contributed by atoms with Crippen LogP contribution in [0, 0.1) is 6.92 Å². The topological polar surface area (TPSA) is 23.6 Å². The van der Waals surface area contributed by atoms with Crippen molar-refractivity contribution in [1.29, 1.82) is 0 Å². The summed E-state index contributed by atoms with van der Waals surface area (Å²) in [6.45, 7) is 9.09. The van der Waals surface area contributed by atoms with E-state index in [1.807, 2.05) is 17.9 Å². The van der Waals surface area contributed by atoms with Crippen LogP contribution in [0.25, 0.3) is 0 Å². The Morgan fingerprint density at radius 3 is 2.56 bits per heavy atom. The summed E-state index contributed by atoms with van der Waals surface area (Å²) in [5, 5.41) is 0. The van der Waals surface area contributed by atoms with Crippen molar-refractivity contribution in [2.45, 2.75) is 20.3 Å². The summed E-state index contributed by atoms with van der Waals surface area (Å²) in [5.41, 5.74) is 1.15. The zero-order valence-electron chi connectivity index (χ0n) is 10.9. The van der Waals surface area contributed by atoms with Crippen LogP contribution < -0.4 is 0 Å². The van der Waals surface area contributed by atoms with Crippen LogP contribution in [0.15, 0.2) is 9.85 Å². The number of piperazine rings is 1. The van der Waals surface area contributed by atoms with Crippen LogP contribution in [-0.2, 0) is 0 Å². The van der Waals surface area contributed by atoms with E-state index in [1.165, 1.54) is 17.8 Å². The van der Waals surface area contributed by atoms with Crippen molar-refractivity contribution in [2.24, 2.45) is 0 Å². The van der Waals surface area contributed by atoms with Gasteiger partial charge in [0.25, 0.3) is 5.91 Å². The quantitative estimate of drug-likeness (QED) is 0.850. The molecule has 5 heteroatoms. The van der Waals surface area contributed by atoms with Gasteiger partial charge < -0.3 is 4.90 Å². The van der Waals surface area contributed by atoms with Crippen LogP contribution in [0.3, 0.4) is 0 Å². The zero-order valence-corrected chi connectivity index (χ0v) is 13.3. The third-order valence-corrected chi connectivity index (χ3v) is 5.39. The van der Waals surface area contributed by atoms with Crippen molar-refractivity contribution in [2.75, 3.05) is 32.7 Å². The summed E-state index contributed by atoms with van der Waals surface area (Å²) >= 11 is 5.02. The third-order valence-electron chi connectivity index (χ3n) is 3.27. The van der Waals surface area contributed by atoms with Crippen LogP contribution >= 0.6 is 27.3 Å². The van der Waals surface area contributed by atoms with Gasteiger partial charge in [0.1, 0.15) is 0 Å². The Hall–Kier alpha value is -0.390. The van der Waals surface area contributed by atoms with Crippen LogP contribution in [0.5, 0.6) is 0 Å². The molecule has 0 spiro atoms. The summed E-state index contributed by atoms with van der Waals surface area (Å²) < 4.78 is 1.07. The van der Waals surface area contributed by atoms with Gasteiger partial charge in [0.05, 0.1) is 8.66 Å². The molecule has 1 aliphatic heterocycles. The molecular weight excluding hydrogens is 312 g/mol. The molecule has 0 saturated carbocycles. The Morgan fingerprint density at radius 2 is 2.06 bits per heavy atom. The summed E-state index contributed by atoms with van der Waals surface area (Å²) in [4.78, 5) is 17.6. The number of carbonyl (C=O) groups is 1. The number of carbonyl (C=O) groups excluding carboxylic acids is 1. The minimum absolute atomic E-state index is 0.185. The van der Waals surface area contributed by atoms with Gasteiger partial charge in [-0.1, -0.05) is 6.92 Å². The molecule has 2 heterocycles. The fourth-order valence-electron chi connectivity index (χ4n) is 2.21. The van der Waals surface area contributed by atoms with E-state index < -0.39 is 0 Å². The van der Waals surface area contributed by atoms with Gasteiger partial charge in [-0.3, -0.25) is 9.69 Å². The lowest BCUT2D eigenvalue weighted by Gasteiger charge is -2.34. The van der Waals surface area contributed by atoms with Crippen LogP contribution in [0.2, 0.25) is 0 Å². The molecule has 0 bridgehead atoms. The molecule has 1 aromatic rings. The summed E-state index contributed by atoms with van der Waals surface area (Å²) in [6, 6.07) is 1.98. The van der Waals surface area contributed by atoms with Crippen molar-refractivity contribution < 1.29 is 4.79 Å². The van der Waals surface area contributed by atoms with E-state index in [4.69, 9.17) is 0 Å². The smallest absolute Gasteiger partial charge is 0.264 e. The largest absolute Gasteiger partial charge is 0.335 e. The number of halogens is 1. The molecule has 1 saturated heterocycles. The summed E-state index contributed by atoms with van der Waals surface area (Å²) in [5.74, 6) is 0.185. The van der Waals surface area contributed by atoms with Gasteiger partial charge in [0.15, 0.2) is 0 Å². The molecule has 1 amide bonds. The molecule has 0 aliphatic carbocycles. The van der Waals surface area contributed by atoms with Gasteiger partial charge in [-0.2, -0.15) is 0 Å². The molecule has 0 unspecified atom stereocenters. The highest BCUT2D eigenvalue weighted by molar-refractivity contribution is 9.11. The molecule has 2 rings (SSSR count). The fraction of sp³-hybridized carbons (Fsp3) is 0.615. The molecule has 0 radical (unpaired) electrons. The SMILES string of the molecule is CCCN1CCN(C(=O)c2cc(C)c(Br)s2)CC1. The fourth-order valence-corrected chi connectivity index (χ4v) is 3.71. The van der Waals surface area contributed by atoms with Gasteiger partial charge in [0.2, 0.25) is 0 Å². The minimum Gasteiger partial charge on any atom is -0.335 e. The van der Waals surface area contributed by atoms with E-state index >= 15 is 0 Å². The highest BCUT2D eigenvalue weighted by Gasteiger charge is 2.23. The van der Waals surface area contributed by atoms with Crippen molar-refractivity contribution in [3.05, 3.63) is 20.3 Å². The predicted molar refractivity (Wildman–Crippen MR) is 79.4 cm³/mol. The number of aryl methyl sites for hydroxylation is 1. The van der Waals surface area contributed by atoms with E-state index in [-0.39, 0.29) is 5.91 Å². The Morgan fingerprint density at radius 1 is 1.39 bits per heavy atom. The lowest BCUT2D eigenvalue weighted by molar-refractivity contribution is 0.0642. The standard InChI is InChI=1S/C13H19BrN2OS/c1-3-4-15-5-7-16(8-6-15)13(17)11-9-10(2)12(14)18-11/h9H,3-8H2,1-2H3. The number of hydrogen-bond donors (Lipinski definition) is 0. The molecule has 0 N–H and O–H groups in total. The average molecular weight is 331 g/mol. The zero-order chi connectivity index (χ0) is 13.1. The number of hydrogen-bond acceptors (Lipinski definition) is 3. The Labute approximate surface area is 121 Å². The predicted octanol–water partition coefficient (Wildman–Crippen LogP) is 2.99. The van der Waals surface area contributed by atoms with Gasteiger partial charge in [-0.15, -0.1) is 11.3 Å². The monoisotopic (exact) mass is 330 g/mol. The summed E-state index contributed by atoms with van der Waals surface area (Å²) in [6.07, 6.45) is 1.19. The first-order chi connectivity index (χ1) is 8.61. The van der Waals surface area contributed by atoms with Gasteiger partial charge in [-0.05, 0) is 47.4 Å². The Kier molecular flexibility index (Phi) is 4.81. The van der Waals surface area contributed by atoms with E-state index in [9.17, 15) is 4.79 Å². The molecule has 0 atom stereocenters. The lowest BCUT2D eigenvalue weighted by atomic mass is 10.2. The maximum atomic E-state index is 12.3. The molecular formula is C13H19BrN2OS. The van der Waals surface area contributed by atoms with Crippen LogP contribution in [-0.4, -0.2) is 48.4 Å². The first-order valence-electron chi connectivity index (χ1n) is 6.39. The Bertz CT molecular complexity index is 405. The van der Waals surface area contributed by atoms with Gasteiger partial charge in [-0.25, -0.2) is 0 Å². The van der Waals surface area contributed by atoms with Crippen molar-refractivity contribution in [1.82, 2.24) is 9.80 Å². The molecule has 1 aromatic heterocycles. The normalized spacial score (nSPS) is 17.2.